The van der Waals surface area contributed by atoms with Crippen molar-refractivity contribution in [3.63, 3.8) is 0 Å². The maximum atomic E-state index is 12.9. The van der Waals surface area contributed by atoms with Gasteiger partial charge in [0.05, 0.1) is 29.1 Å². The molecular formula is C15H13BrF3N5O4. The molecule has 0 saturated carbocycles. The summed E-state index contributed by atoms with van der Waals surface area (Å²) < 4.78 is 39.9. The van der Waals surface area contributed by atoms with E-state index in [0.717, 1.165) is 21.7 Å². The lowest BCUT2D eigenvalue weighted by atomic mass is 10.1. The second-order valence-corrected chi connectivity index (χ2v) is 6.45. The van der Waals surface area contributed by atoms with Gasteiger partial charge in [-0.25, -0.2) is 0 Å². The van der Waals surface area contributed by atoms with E-state index in [1.165, 1.54) is 25.4 Å². The first-order valence-corrected chi connectivity index (χ1v) is 8.35. The van der Waals surface area contributed by atoms with Crippen LogP contribution in [0.15, 0.2) is 34.9 Å². The highest BCUT2D eigenvalue weighted by Crippen LogP contribution is 2.34. The minimum Gasteiger partial charge on any atom is -0.358 e. The van der Waals surface area contributed by atoms with Crippen molar-refractivity contribution in [3.05, 3.63) is 50.6 Å². The number of amides is 2. The molecule has 0 saturated heterocycles. The number of hydrogen-bond donors (Lipinski definition) is 1. The summed E-state index contributed by atoms with van der Waals surface area (Å²) in [5.74, 6) is -1.93. The molecule has 9 nitrogen and oxygen atoms in total. The first kappa shape index (κ1) is 21.3. The second-order valence-electron chi connectivity index (χ2n) is 5.60. The summed E-state index contributed by atoms with van der Waals surface area (Å²) in [7, 11) is 1.27. The van der Waals surface area contributed by atoms with E-state index in [0.29, 0.717) is 0 Å². The van der Waals surface area contributed by atoms with Gasteiger partial charge in [-0.05, 0) is 33.0 Å². The third kappa shape index (κ3) is 5.28. The molecule has 28 heavy (non-hydrogen) atoms. The molecule has 0 radical (unpaired) electrons. The van der Waals surface area contributed by atoms with E-state index in [4.69, 9.17) is 0 Å². The number of rotatable bonds is 6. The summed E-state index contributed by atoms with van der Waals surface area (Å²) in [6.07, 6.45) is -3.42. The summed E-state index contributed by atoms with van der Waals surface area (Å²) in [6.45, 7) is -0.912. The quantitative estimate of drug-likeness (QED) is 0.522. The molecule has 2 rings (SSSR count). The third-order valence-electron chi connectivity index (χ3n) is 3.48. The van der Waals surface area contributed by atoms with Crippen molar-refractivity contribution in [3.8, 4) is 0 Å². The zero-order chi connectivity index (χ0) is 21.1. The van der Waals surface area contributed by atoms with Crippen LogP contribution in [-0.2, 0) is 22.3 Å². The van der Waals surface area contributed by atoms with Crippen molar-refractivity contribution in [2.24, 2.45) is 0 Å². The normalized spacial score (nSPS) is 11.2. The standard InChI is InChI=1S/C15H13BrF3N5O4/c1-22(13(26)8-23-6-10(16)14(21-23)24(27)28)7-12(25)20-11-5-3-2-4-9(11)15(17,18)19/h2-6H,7-8H2,1H3,(H,20,25). The number of benzene rings is 1. The molecule has 0 unspecified atom stereocenters. The Kier molecular flexibility index (Phi) is 6.38. The number of carbonyl (C=O) groups is 2. The topological polar surface area (TPSA) is 110 Å². The minimum atomic E-state index is -4.65. The number of halogens is 4. The van der Waals surface area contributed by atoms with Crippen molar-refractivity contribution in [1.29, 1.82) is 0 Å². The van der Waals surface area contributed by atoms with E-state index in [1.54, 1.807) is 0 Å². The summed E-state index contributed by atoms with van der Waals surface area (Å²) in [5.41, 5.74) is -1.43. The maximum Gasteiger partial charge on any atom is 0.418 e. The number of aromatic nitrogens is 2. The SMILES string of the molecule is CN(CC(=O)Nc1ccccc1C(F)(F)F)C(=O)Cn1cc(Br)c([N+](=O)[O-])n1. The summed E-state index contributed by atoms with van der Waals surface area (Å²) >= 11 is 2.94. The van der Waals surface area contributed by atoms with E-state index in [1.807, 2.05) is 0 Å². The lowest BCUT2D eigenvalue weighted by Crippen LogP contribution is -2.37. The molecule has 1 aromatic heterocycles. The molecule has 0 fully saturated rings. The first-order valence-electron chi connectivity index (χ1n) is 7.56. The number of para-hydroxylation sites is 1. The Bertz CT molecular complexity index is 915. The van der Waals surface area contributed by atoms with Gasteiger partial charge in [0.15, 0.2) is 0 Å². The van der Waals surface area contributed by atoms with Gasteiger partial charge >= 0.3 is 12.0 Å². The van der Waals surface area contributed by atoms with Crippen LogP contribution in [0.1, 0.15) is 5.56 Å². The van der Waals surface area contributed by atoms with Crippen molar-refractivity contribution in [2.75, 3.05) is 18.9 Å². The second kappa shape index (κ2) is 8.37. The van der Waals surface area contributed by atoms with Crippen molar-refractivity contribution in [1.82, 2.24) is 14.7 Å². The lowest BCUT2D eigenvalue weighted by molar-refractivity contribution is -0.390. The highest BCUT2D eigenvalue weighted by atomic mass is 79.9. The average molecular weight is 464 g/mol. The maximum absolute atomic E-state index is 12.9. The fourth-order valence-electron chi connectivity index (χ4n) is 2.18. The number of likely N-dealkylation sites (N-methyl/N-ethyl adjacent to an activating group) is 1. The monoisotopic (exact) mass is 463 g/mol. The van der Waals surface area contributed by atoms with Crippen molar-refractivity contribution >= 4 is 39.2 Å². The summed E-state index contributed by atoms with van der Waals surface area (Å²) in [5, 5.41) is 16.5. The Balaban J connectivity index is 2.00. The van der Waals surface area contributed by atoms with Crippen LogP contribution in [0.25, 0.3) is 0 Å². The van der Waals surface area contributed by atoms with Gasteiger partial charge in [-0.3, -0.25) is 9.59 Å². The van der Waals surface area contributed by atoms with E-state index in [2.05, 4.69) is 26.3 Å². The van der Waals surface area contributed by atoms with Gasteiger partial charge in [-0.2, -0.15) is 17.9 Å². The van der Waals surface area contributed by atoms with Crippen LogP contribution < -0.4 is 5.32 Å². The fourth-order valence-corrected chi connectivity index (χ4v) is 2.64. The summed E-state index contributed by atoms with van der Waals surface area (Å²) in [6, 6.07) is 4.45. The Morgan fingerprint density at radius 3 is 2.57 bits per heavy atom. The largest absolute Gasteiger partial charge is 0.418 e. The molecular weight excluding hydrogens is 451 g/mol. The van der Waals surface area contributed by atoms with E-state index in [-0.39, 0.29) is 4.47 Å². The fraction of sp³-hybridized carbons (Fsp3) is 0.267. The molecule has 1 heterocycles. The average Bonchev–Trinajstić information content (AvgIpc) is 2.94. The Hall–Kier alpha value is -2.96. The van der Waals surface area contributed by atoms with Gasteiger partial charge < -0.3 is 20.3 Å². The zero-order valence-corrected chi connectivity index (χ0v) is 15.8. The van der Waals surface area contributed by atoms with Crippen LogP contribution in [0.3, 0.4) is 0 Å². The Labute approximate surface area is 164 Å². The molecule has 2 aromatic rings. The van der Waals surface area contributed by atoms with Crippen molar-refractivity contribution < 1.29 is 27.7 Å². The van der Waals surface area contributed by atoms with Crippen molar-refractivity contribution in [2.45, 2.75) is 12.7 Å². The lowest BCUT2D eigenvalue weighted by Gasteiger charge is -2.18. The zero-order valence-electron chi connectivity index (χ0n) is 14.2. The third-order valence-corrected chi connectivity index (χ3v) is 4.04. The molecule has 1 aromatic carbocycles. The molecule has 0 spiro atoms. The molecule has 13 heteroatoms. The minimum absolute atomic E-state index is 0.0782. The highest BCUT2D eigenvalue weighted by molar-refractivity contribution is 9.10. The Morgan fingerprint density at radius 1 is 1.36 bits per heavy atom. The van der Waals surface area contributed by atoms with Gasteiger partial charge in [-0.1, -0.05) is 12.1 Å². The number of anilines is 1. The number of hydrogen-bond acceptors (Lipinski definition) is 5. The van der Waals surface area contributed by atoms with Gasteiger partial charge in [0.25, 0.3) is 0 Å². The van der Waals surface area contributed by atoms with Crippen LogP contribution in [0.2, 0.25) is 0 Å². The van der Waals surface area contributed by atoms with Crippen LogP contribution in [-0.4, -0.2) is 45.0 Å². The number of nitrogens with one attached hydrogen (secondary N) is 1. The molecule has 0 bridgehead atoms. The van der Waals surface area contributed by atoms with Gasteiger partial charge in [0.2, 0.25) is 11.8 Å². The van der Waals surface area contributed by atoms with Crippen LogP contribution >= 0.6 is 15.9 Å². The number of nitro groups is 1. The summed E-state index contributed by atoms with van der Waals surface area (Å²) in [4.78, 5) is 35.1. The molecule has 0 aliphatic rings. The van der Waals surface area contributed by atoms with Crippen LogP contribution in [0.5, 0.6) is 0 Å². The predicted octanol–water partition coefficient (Wildman–Crippen LogP) is 2.67. The van der Waals surface area contributed by atoms with Gasteiger partial charge in [-0.15, -0.1) is 0 Å². The number of alkyl halides is 3. The van der Waals surface area contributed by atoms with E-state index in [9.17, 15) is 32.9 Å². The van der Waals surface area contributed by atoms with E-state index >= 15 is 0 Å². The van der Waals surface area contributed by atoms with Gasteiger partial charge in [0.1, 0.15) is 11.0 Å². The molecule has 0 atom stereocenters. The molecule has 150 valence electrons. The highest BCUT2D eigenvalue weighted by Gasteiger charge is 2.33. The van der Waals surface area contributed by atoms with Gasteiger partial charge in [0, 0.05) is 7.05 Å². The molecule has 1 N–H and O–H groups in total. The number of carbonyl (C=O) groups excluding carboxylic acids is 2. The Morgan fingerprint density at radius 2 is 2.00 bits per heavy atom. The first-order chi connectivity index (χ1) is 13.0. The molecule has 2 amide bonds. The number of nitrogens with zero attached hydrogens (tertiary/aromatic N) is 4. The predicted molar refractivity (Wildman–Crippen MR) is 94.3 cm³/mol. The molecule has 0 aliphatic heterocycles. The smallest absolute Gasteiger partial charge is 0.358 e. The van der Waals surface area contributed by atoms with Crippen LogP contribution in [0, 0.1) is 10.1 Å². The van der Waals surface area contributed by atoms with Crippen LogP contribution in [0.4, 0.5) is 24.7 Å². The van der Waals surface area contributed by atoms with E-state index < -0.39 is 53.1 Å². The molecule has 0 aliphatic carbocycles.